The summed E-state index contributed by atoms with van der Waals surface area (Å²) in [6, 6.07) is 0.147. The van der Waals surface area contributed by atoms with E-state index in [-0.39, 0.29) is 11.2 Å². The molecule has 0 saturated carbocycles. The number of rotatable bonds is 3. The van der Waals surface area contributed by atoms with Crippen LogP contribution in [0, 0.1) is 0 Å². The van der Waals surface area contributed by atoms with Crippen LogP contribution in [0.5, 0.6) is 0 Å². The van der Waals surface area contributed by atoms with Crippen LogP contribution in [0.3, 0.4) is 0 Å². The molecule has 0 aliphatic carbocycles. The van der Waals surface area contributed by atoms with Crippen LogP contribution in [-0.4, -0.2) is 23.1 Å². The lowest BCUT2D eigenvalue weighted by atomic mass is 10.1. The van der Waals surface area contributed by atoms with Gasteiger partial charge in [-0.1, -0.05) is 0 Å². The maximum atomic E-state index is 12.4. The van der Waals surface area contributed by atoms with Crippen LogP contribution in [-0.2, 0) is 0 Å². The highest BCUT2D eigenvalue weighted by Crippen LogP contribution is 2.13. The van der Waals surface area contributed by atoms with E-state index in [1.165, 1.54) is 13.8 Å². The van der Waals surface area contributed by atoms with Crippen molar-refractivity contribution in [1.29, 1.82) is 0 Å². The molecule has 0 aromatic heterocycles. The molecule has 0 aromatic rings. The summed E-state index contributed by atoms with van der Waals surface area (Å²) in [5, 5.41) is 5.66. The van der Waals surface area contributed by atoms with E-state index in [2.05, 4.69) is 10.6 Å². The summed E-state index contributed by atoms with van der Waals surface area (Å²) in [7, 11) is 0. The van der Waals surface area contributed by atoms with Gasteiger partial charge in [0.05, 0.1) is 5.54 Å². The molecule has 0 atom stereocenters. The van der Waals surface area contributed by atoms with Crippen molar-refractivity contribution in [2.45, 2.75) is 45.7 Å². The molecule has 0 bridgehead atoms. The molecule has 0 saturated heterocycles. The predicted molar refractivity (Wildman–Crippen MR) is 54.1 cm³/mol. The minimum absolute atomic E-state index is 0.147. The molecule has 0 heterocycles. The van der Waals surface area contributed by atoms with E-state index in [0.29, 0.717) is 0 Å². The molecule has 0 aliphatic rings. The third-order valence-electron chi connectivity index (χ3n) is 1.40. The lowest BCUT2D eigenvalue weighted by Gasteiger charge is -2.27. The Bertz CT molecular complexity index is 181. The van der Waals surface area contributed by atoms with Gasteiger partial charge in [0.1, 0.15) is 0 Å². The lowest BCUT2D eigenvalue weighted by molar-refractivity contribution is 0.0623. The van der Waals surface area contributed by atoms with Crippen LogP contribution in [0.4, 0.5) is 8.78 Å². The largest absolute Gasteiger partial charge is 0.361 e. The fraction of sp³-hybridized carbons (Fsp3) is 0.875. The molecular formula is C8H16F2N2S. The van der Waals surface area contributed by atoms with Crippen LogP contribution in [0.15, 0.2) is 0 Å². The number of thiocarbonyl (C=S) groups is 1. The Morgan fingerprint density at radius 1 is 1.31 bits per heavy atom. The van der Waals surface area contributed by atoms with E-state index >= 15 is 0 Å². The summed E-state index contributed by atoms with van der Waals surface area (Å²) in [6.07, 6.45) is -2.44. The molecule has 78 valence electrons. The Kier molecular flexibility index (Phi) is 4.53. The molecule has 0 spiro atoms. The molecule has 2 N–H and O–H groups in total. The Labute approximate surface area is 83.1 Å². The highest BCUT2D eigenvalue weighted by Gasteiger charge is 2.29. The molecule has 0 aliphatic heterocycles. The van der Waals surface area contributed by atoms with Crippen molar-refractivity contribution in [2.75, 3.05) is 0 Å². The highest BCUT2D eigenvalue weighted by atomic mass is 32.1. The van der Waals surface area contributed by atoms with Gasteiger partial charge in [-0.15, -0.1) is 0 Å². The first kappa shape index (κ1) is 12.6. The average Bonchev–Trinajstić information content (AvgIpc) is 1.82. The Morgan fingerprint density at radius 2 is 1.77 bits per heavy atom. The van der Waals surface area contributed by atoms with Gasteiger partial charge in [0.25, 0.3) is 6.43 Å². The fourth-order valence-corrected chi connectivity index (χ4v) is 1.14. The van der Waals surface area contributed by atoms with Crippen molar-refractivity contribution in [3.63, 3.8) is 0 Å². The highest BCUT2D eigenvalue weighted by molar-refractivity contribution is 7.80. The number of hydrogen-bond acceptors (Lipinski definition) is 1. The molecule has 0 unspecified atom stereocenters. The van der Waals surface area contributed by atoms with Gasteiger partial charge in [0, 0.05) is 6.04 Å². The standard InChI is InChI=1S/C8H16F2N2S/c1-5(2)11-7(13)12-8(3,4)6(9)10/h5-6H,1-4H3,(H2,11,12,13). The summed E-state index contributed by atoms with van der Waals surface area (Å²) in [5.74, 6) is 0. The van der Waals surface area contributed by atoms with Gasteiger partial charge < -0.3 is 10.6 Å². The SMILES string of the molecule is CC(C)NC(=S)NC(C)(C)C(F)F. The van der Waals surface area contributed by atoms with Gasteiger partial charge in [-0.3, -0.25) is 0 Å². The second kappa shape index (κ2) is 4.69. The zero-order chi connectivity index (χ0) is 10.6. The predicted octanol–water partition coefficient (Wildman–Crippen LogP) is 1.90. The molecular weight excluding hydrogens is 194 g/mol. The van der Waals surface area contributed by atoms with E-state index in [4.69, 9.17) is 12.2 Å². The van der Waals surface area contributed by atoms with Gasteiger partial charge >= 0.3 is 0 Å². The first-order valence-corrected chi connectivity index (χ1v) is 4.53. The van der Waals surface area contributed by atoms with Crippen molar-refractivity contribution in [3.05, 3.63) is 0 Å². The summed E-state index contributed by atoms with van der Waals surface area (Å²) < 4.78 is 24.7. The molecule has 0 amide bonds. The zero-order valence-electron chi connectivity index (χ0n) is 8.32. The molecule has 13 heavy (non-hydrogen) atoms. The fourth-order valence-electron chi connectivity index (χ4n) is 0.645. The van der Waals surface area contributed by atoms with E-state index in [1.807, 2.05) is 13.8 Å². The number of nitrogens with one attached hydrogen (secondary N) is 2. The van der Waals surface area contributed by atoms with Crippen molar-refractivity contribution >= 4 is 17.3 Å². The molecule has 0 fully saturated rings. The van der Waals surface area contributed by atoms with Gasteiger partial charge in [0.2, 0.25) is 0 Å². The van der Waals surface area contributed by atoms with Crippen LogP contribution < -0.4 is 10.6 Å². The minimum Gasteiger partial charge on any atom is -0.361 e. The van der Waals surface area contributed by atoms with Crippen molar-refractivity contribution in [1.82, 2.24) is 10.6 Å². The normalized spacial score (nSPS) is 12.0. The Hall–Kier alpha value is -0.450. The van der Waals surface area contributed by atoms with Crippen molar-refractivity contribution in [2.24, 2.45) is 0 Å². The second-order valence-corrected chi connectivity index (χ2v) is 4.18. The molecule has 0 radical (unpaired) electrons. The first-order valence-electron chi connectivity index (χ1n) is 4.12. The van der Waals surface area contributed by atoms with E-state index in [0.717, 1.165) is 0 Å². The molecule has 5 heteroatoms. The van der Waals surface area contributed by atoms with E-state index < -0.39 is 12.0 Å². The van der Waals surface area contributed by atoms with E-state index in [9.17, 15) is 8.78 Å². The Morgan fingerprint density at radius 3 is 2.08 bits per heavy atom. The summed E-state index contributed by atoms with van der Waals surface area (Å²) in [6.45, 7) is 6.60. The quantitative estimate of drug-likeness (QED) is 0.696. The summed E-state index contributed by atoms with van der Waals surface area (Å²) in [4.78, 5) is 0. The number of halogens is 2. The van der Waals surface area contributed by atoms with Crippen molar-refractivity contribution < 1.29 is 8.78 Å². The van der Waals surface area contributed by atoms with Gasteiger partial charge in [-0.2, -0.15) is 0 Å². The monoisotopic (exact) mass is 210 g/mol. The van der Waals surface area contributed by atoms with E-state index in [1.54, 1.807) is 0 Å². The summed E-state index contributed by atoms with van der Waals surface area (Å²) in [5.41, 5.74) is -1.28. The zero-order valence-corrected chi connectivity index (χ0v) is 9.14. The minimum atomic E-state index is -2.44. The summed E-state index contributed by atoms with van der Waals surface area (Å²) >= 11 is 4.84. The maximum absolute atomic E-state index is 12.4. The second-order valence-electron chi connectivity index (χ2n) is 3.78. The topological polar surface area (TPSA) is 24.1 Å². The maximum Gasteiger partial charge on any atom is 0.260 e. The van der Waals surface area contributed by atoms with Gasteiger partial charge in [-0.25, -0.2) is 8.78 Å². The molecule has 0 rings (SSSR count). The number of alkyl halides is 2. The third kappa shape index (κ3) is 4.98. The molecule has 2 nitrogen and oxygen atoms in total. The first-order chi connectivity index (χ1) is 5.75. The van der Waals surface area contributed by atoms with Crippen LogP contribution in [0.1, 0.15) is 27.7 Å². The number of hydrogen-bond donors (Lipinski definition) is 2. The van der Waals surface area contributed by atoms with Crippen molar-refractivity contribution in [3.8, 4) is 0 Å². The van der Waals surface area contributed by atoms with Gasteiger partial charge in [0.15, 0.2) is 5.11 Å². The van der Waals surface area contributed by atoms with Crippen LogP contribution in [0.2, 0.25) is 0 Å². The Balaban J connectivity index is 4.05. The van der Waals surface area contributed by atoms with Gasteiger partial charge in [-0.05, 0) is 39.9 Å². The van der Waals surface area contributed by atoms with Crippen LogP contribution >= 0.6 is 12.2 Å². The average molecular weight is 210 g/mol. The molecule has 0 aromatic carbocycles. The third-order valence-corrected chi connectivity index (χ3v) is 1.62. The lowest BCUT2D eigenvalue weighted by Crippen LogP contribution is -2.53. The smallest absolute Gasteiger partial charge is 0.260 e. The van der Waals surface area contributed by atoms with Crippen LogP contribution in [0.25, 0.3) is 0 Å².